The molecule has 0 spiro atoms. The molecule has 4 nitrogen and oxygen atoms in total. The van der Waals surface area contributed by atoms with Gasteiger partial charge >= 0.3 is 0 Å². The standard InChI is InChI=1S/C19H23NO3/c1-4-9-22-17-7-5-16(6-8-17)20-19(21)13-23-18-11-14(2)10-15(3)12-18/h5-8,10-12H,4,9,13H2,1-3H3,(H,20,21). The lowest BCUT2D eigenvalue weighted by Crippen LogP contribution is -2.20. The van der Waals surface area contributed by atoms with Crippen molar-refractivity contribution in [3.05, 3.63) is 53.6 Å². The van der Waals surface area contributed by atoms with Gasteiger partial charge < -0.3 is 14.8 Å². The Hall–Kier alpha value is -2.49. The van der Waals surface area contributed by atoms with Crippen LogP contribution in [0.25, 0.3) is 0 Å². The minimum absolute atomic E-state index is 0.0169. The third kappa shape index (κ3) is 5.66. The third-order valence-electron chi connectivity index (χ3n) is 3.18. The first kappa shape index (κ1) is 16.9. The van der Waals surface area contributed by atoms with Crippen LogP contribution in [0.5, 0.6) is 11.5 Å². The fraction of sp³-hybridized carbons (Fsp3) is 0.316. The molecule has 0 aromatic heterocycles. The highest BCUT2D eigenvalue weighted by Gasteiger charge is 2.05. The van der Waals surface area contributed by atoms with E-state index in [4.69, 9.17) is 9.47 Å². The number of amides is 1. The topological polar surface area (TPSA) is 47.6 Å². The molecule has 2 aromatic carbocycles. The Morgan fingerprint density at radius 2 is 1.61 bits per heavy atom. The zero-order valence-electron chi connectivity index (χ0n) is 13.9. The van der Waals surface area contributed by atoms with Gasteiger partial charge in [0.25, 0.3) is 5.91 Å². The number of nitrogens with one attached hydrogen (secondary N) is 1. The predicted molar refractivity (Wildman–Crippen MR) is 92.3 cm³/mol. The first-order valence-corrected chi connectivity index (χ1v) is 7.80. The molecule has 1 N–H and O–H groups in total. The highest BCUT2D eigenvalue weighted by Crippen LogP contribution is 2.17. The van der Waals surface area contributed by atoms with Crippen molar-refractivity contribution in [3.8, 4) is 11.5 Å². The highest BCUT2D eigenvalue weighted by molar-refractivity contribution is 5.91. The summed E-state index contributed by atoms with van der Waals surface area (Å²) in [5.74, 6) is 1.32. The molecule has 2 rings (SSSR count). The second-order valence-corrected chi connectivity index (χ2v) is 5.53. The smallest absolute Gasteiger partial charge is 0.262 e. The second kappa shape index (κ2) is 8.22. The minimum Gasteiger partial charge on any atom is -0.494 e. The van der Waals surface area contributed by atoms with Gasteiger partial charge in [-0.25, -0.2) is 0 Å². The minimum atomic E-state index is -0.189. The first-order chi connectivity index (χ1) is 11.1. The summed E-state index contributed by atoms with van der Waals surface area (Å²) in [6, 6.07) is 13.2. The molecule has 0 aliphatic heterocycles. The van der Waals surface area contributed by atoms with Crippen LogP contribution in [0.3, 0.4) is 0 Å². The SMILES string of the molecule is CCCOc1ccc(NC(=O)COc2cc(C)cc(C)c2)cc1. The van der Waals surface area contributed by atoms with Gasteiger partial charge in [0.05, 0.1) is 6.61 Å². The predicted octanol–water partition coefficient (Wildman–Crippen LogP) is 4.11. The number of carbonyl (C=O) groups excluding carboxylic acids is 1. The number of aryl methyl sites for hydroxylation is 2. The van der Waals surface area contributed by atoms with E-state index in [1.807, 2.05) is 50.2 Å². The first-order valence-electron chi connectivity index (χ1n) is 7.80. The zero-order valence-corrected chi connectivity index (χ0v) is 13.9. The Morgan fingerprint density at radius 3 is 2.22 bits per heavy atom. The lowest BCUT2D eigenvalue weighted by Gasteiger charge is -2.10. The zero-order chi connectivity index (χ0) is 16.7. The average molecular weight is 313 g/mol. The van der Waals surface area contributed by atoms with E-state index in [9.17, 15) is 4.79 Å². The third-order valence-corrected chi connectivity index (χ3v) is 3.18. The summed E-state index contributed by atoms with van der Waals surface area (Å²) >= 11 is 0. The molecule has 0 saturated heterocycles. The quantitative estimate of drug-likeness (QED) is 0.837. The number of carbonyl (C=O) groups is 1. The van der Waals surface area contributed by atoms with E-state index in [1.54, 1.807) is 0 Å². The Morgan fingerprint density at radius 1 is 0.957 bits per heavy atom. The second-order valence-electron chi connectivity index (χ2n) is 5.53. The van der Waals surface area contributed by atoms with Crippen molar-refractivity contribution in [1.29, 1.82) is 0 Å². The fourth-order valence-electron chi connectivity index (χ4n) is 2.22. The van der Waals surface area contributed by atoms with Gasteiger partial charge in [0.1, 0.15) is 11.5 Å². The van der Waals surface area contributed by atoms with E-state index in [2.05, 4.69) is 18.3 Å². The summed E-state index contributed by atoms with van der Waals surface area (Å²) in [6.45, 7) is 6.74. The van der Waals surface area contributed by atoms with Crippen molar-refractivity contribution in [1.82, 2.24) is 0 Å². The molecule has 1 amide bonds. The van der Waals surface area contributed by atoms with Crippen LogP contribution in [0.15, 0.2) is 42.5 Å². The van der Waals surface area contributed by atoms with Gasteiger partial charge in [0.15, 0.2) is 6.61 Å². The Kier molecular flexibility index (Phi) is 6.03. The van der Waals surface area contributed by atoms with Crippen LogP contribution in [-0.4, -0.2) is 19.1 Å². The number of hydrogen-bond acceptors (Lipinski definition) is 3. The number of hydrogen-bond donors (Lipinski definition) is 1. The van der Waals surface area contributed by atoms with E-state index >= 15 is 0 Å². The van der Waals surface area contributed by atoms with Gasteiger partial charge in [-0.2, -0.15) is 0 Å². The molecule has 0 heterocycles. The molecule has 0 unspecified atom stereocenters. The fourth-order valence-corrected chi connectivity index (χ4v) is 2.22. The molecule has 0 fully saturated rings. The van der Waals surface area contributed by atoms with E-state index < -0.39 is 0 Å². The molecular formula is C19H23NO3. The number of ether oxygens (including phenoxy) is 2. The van der Waals surface area contributed by atoms with Crippen molar-refractivity contribution in [2.24, 2.45) is 0 Å². The van der Waals surface area contributed by atoms with Crippen LogP contribution >= 0.6 is 0 Å². The summed E-state index contributed by atoms with van der Waals surface area (Å²) in [5.41, 5.74) is 2.95. The maximum atomic E-state index is 11.9. The van der Waals surface area contributed by atoms with Gasteiger partial charge in [-0.3, -0.25) is 4.79 Å². The van der Waals surface area contributed by atoms with E-state index in [1.165, 1.54) is 0 Å². The maximum Gasteiger partial charge on any atom is 0.262 e. The molecule has 0 aliphatic carbocycles. The lowest BCUT2D eigenvalue weighted by molar-refractivity contribution is -0.118. The van der Waals surface area contributed by atoms with Crippen LogP contribution in [0.1, 0.15) is 24.5 Å². The van der Waals surface area contributed by atoms with Crippen molar-refractivity contribution in [2.45, 2.75) is 27.2 Å². The molecular weight excluding hydrogens is 290 g/mol. The summed E-state index contributed by atoms with van der Waals surface area (Å²) in [5, 5.41) is 2.81. The highest BCUT2D eigenvalue weighted by atomic mass is 16.5. The molecule has 0 bridgehead atoms. The van der Waals surface area contributed by atoms with Crippen LogP contribution < -0.4 is 14.8 Å². The Balaban J connectivity index is 1.84. The van der Waals surface area contributed by atoms with Crippen LogP contribution in [0.4, 0.5) is 5.69 Å². The summed E-state index contributed by atoms with van der Waals surface area (Å²) in [7, 11) is 0. The Bertz CT molecular complexity index is 630. The Labute approximate surface area is 137 Å². The summed E-state index contributed by atoms with van der Waals surface area (Å²) < 4.78 is 11.0. The molecule has 0 atom stereocenters. The molecule has 23 heavy (non-hydrogen) atoms. The largest absolute Gasteiger partial charge is 0.494 e. The molecule has 0 radical (unpaired) electrons. The molecule has 2 aromatic rings. The van der Waals surface area contributed by atoms with Gasteiger partial charge in [-0.05, 0) is 67.8 Å². The normalized spacial score (nSPS) is 10.2. The van der Waals surface area contributed by atoms with Crippen molar-refractivity contribution in [3.63, 3.8) is 0 Å². The van der Waals surface area contributed by atoms with E-state index in [0.29, 0.717) is 12.4 Å². The summed E-state index contributed by atoms with van der Waals surface area (Å²) in [4.78, 5) is 11.9. The lowest BCUT2D eigenvalue weighted by atomic mass is 10.1. The maximum absolute atomic E-state index is 11.9. The van der Waals surface area contributed by atoms with Crippen LogP contribution in [0, 0.1) is 13.8 Å². The van der Waals surface area contributed by atoms with Crippen LogP contribution in [-0.2, 0) is 4.79 Å². The monoisotopic (exact) mass is 313 g/mol. The van der Waals surface area contributed by atoms with E-state index in [-0.39, 0.29) is 12.5 Å². The van der Waals surface area contributed by atoms with Crippen LogP contribution in [0.2, 0.25) is 0 Å². The molecule has 4 heteroatoms. The van der Waals surface area contributed by atoms with Gasteiger partial charge in [-0.1, -0.05) is 13.0 Å². The van der Waals surface area contributed by atoms with E-state index in [0.717, 1.165) is 29.0 Å². The molecule has 0 saturated carbocycles. The van der Waals surface area contributed by atoms with Crippen molar-refractivity contribution in [2.75, 3.05) is 18.5 Å². The number of rotatable bonds is 7. The number of anilines is 1. The van der Waals surface area contributed by atoms with Gasteiger partial charge in [0.2, 0.25) is 0 Å². The van der Waals surface area contributed by atoms with Crippen molar-refractivity contribution < 1.29 is 14.3 Å². The van der Waals surface area contributed by atoms with Crippen molar-refractivity contribution >= 4 is 11.6 Å². The summed E-state index contributed by atoms with van der Waals surface area (Å²) in [6.07, 6.45) is 0.967. The van der Waals surface area contributed by atoms with Gasteiger partial charge in [-0.15, -0.1) is 0 Å². The van der Waals surface area contributed by atoms with Gasteiger partial charge in [0, 0.05) is 5.69 Å². The molecule has 0 aliphatic rings. The molecule has 122 valence electrons. The number of benzene rings is 2. The average Bonchev–Trinajstić information content (AvgIpc) is 2.51.